The molecular weight excluding hydrogens is 332 g/mol. The average molecular weight is 349 g/mol. The fraction of sp³-hybridized carbons (Fsp3) is 0.250. The topological polar surface area (TPSA) is 51.2 Å². The maximum absolute atomic E-state index is 12.1. The van der Waals surface area contributed by atoms with E-state index >= 15 is 0 Å². The highest BCUT2D eigenvalue weighted by Crippen LogP contribution is 2.22. The molecule has 5 heteroatoms. The minimum atomic E-state index is -0.233. The first-order chi connectivity index (χ1) is 9.95. The van der Waals surface area contributed by atoms with Crippen LogP contribution in [-0.2, 0) is 0 Å². The number of nitrogens with one attached hydrogen (secondary N) is 1. The minimum Gasteiger partial charge on any atom is -0.491 e. The lowest BCUT2D eigenvalue weighted by Crippen LogP contribution is -2.14. The van der Waals surface area contributed by atoms with Crippen LogP contribution in [0, 0.1) is 6.92 Å². The van der Waals surface area contributed by atoms with Crippen LogP contribution in [-0.4, -0.2) is 17.0 Å². The number of benzene rings is 1. The SMILES string of the molecule is Cc1cc(OC(C)C)ccc1NC(=O)c1ccc(Br)cn1. The summed E-state index contributed by atoms with van der Waals surface area (Å²) >= 11 is 3.29. The number of aromatic nitrogens is 1. The predicted molar refractivity (Wildman–Crippen MR) is 86.8 cm³/mol. The van der Waals surface area contributed by atoms with Crippen LogP contribution >= 0.6 is 15.9 Å². The summed E-state index contributed by atoms with van der Waals surface area (Å²) in [6.45, 7) is 5.88. The number of pyridine rings is 1. The van der Waals surface area contributed by atoms with Crippen molar-refractivity contribution >= 4 is 27.5 Å². The summed E-state index contributed by atoms with van der Waals surface area (Å²) < 4.78 is 6.46. The molecule has 2 aromatic rings. The van der Waals surface area contributed by atoms with Crippen molar-refractivity contribution in [2.75, 3.05) is 5.32 Å². The Morgan fingerprint density at radius 2 is 2.05 bits per heavy atom. The summed E-state index contributed by atoms with van der Waals surface area (Å²) in [4.78, 5) is 16.2. The Labute approximate surface area is 132 Å². The zero-order valence-electron chi connectivity index (χ0n) is 12.2. The van der Waals surface area contributed by atoms with Gasteiger partial charge >= 0.3 is 0 Å². The monoisotopic (exact) mass is 348 g/mol. The normalized spacial score (nSPS) is 10.5. The highest BCUT2D eigenvalue weighted by molar-refractivity contribution is 9.10. The fourth-order valence-corrected chi connectivity index (χ4v) is 2.05. The fourth-order valence-electron chi connectivity index (χ4n) is 1.82. The van der Waals surface area contributed by atoms with E-state index in [4.69, 9.17) is 4.74 Å². The van der Waals surface area contributed by atoms with E-state index in [0.717, 1.165) is 21.5 Å². The lowest BCUT2D eigenvalue weighted by molar-refractivity contribution is 0.102. The number of nitrogens with zero attached hydrogens (tertiary/aromatic N) is 1. The summed E-state index contributed by atoms with van der Waals surface area (Å²) in [6.07, 6.45) is 1.72. The van der Waals surface area contributed by atoms with Gasteiger partial charge in [-0.25, -0.2) is 4.98 Å². The van der Waals surface area contributed by atoms with Crippen LogP contribution in [0.3, 0.4) is 0 Å². The molecule has 110 valence electrons. The molecule has 0 bridgehead atoms. The van der Waals surface area contributed by atoms with E-state index in [1.54, 1.807) is 18.3 Å². The smallest absolute Gasteiger partial charge is 0.274 e. The standard InChI is InChI=1S/C16H17BrN2O2/c1-10(2)21-13-5-7-14(11(3)8-13)19-16(20)15-6-4-12(17)9-18-15/h4-10H,1-3H3,(H,19,20). The van der Waals surface area contributed by atoms with E-state index in [0.29, 0.717) is 5.69 Å². The van der Waals surface area contributed by atoms with Gasteiger partial charge in [0.05, 0.1) is 6.10 Å². The molecule has 1 amide bonds. The van der Waals surface area contributed by atoms with Gasteiger partial charge in [0.2, 0.25) is 0 Å². The Morgan fingerprint density at radius 3 is 2.62 bits per heavy atom. The molecule has 2 rings (SSSR count). The van der Waals surface area contributed by atoms with E-state index in [1.165, 1.54) is 0 Å². The van der Waals surface area contributed by atoms with Crippen molar-refractivity contribution in [2.45, 2.75) is 26.9 Å². The number of ether oxygens (including phenoxy) is 1. The van der Waals surface area contributed by atoms with Gasteiger partial charge in [0.15, 0.2) is 0 Å². The molecule has 0 spiro atoms. The molecule has 0 unspecified atom stereocenters. The van der Waals surface area contributed by atoms with Gasteiger partial charge in [-0.1, -0.05) is 0 Å². The number of rotatable bonds is 4. The molecule has 21 heavy (non-hydrogen) atoms. The number of anilines is 1. The number of aryl methyl sites for hydroxylation is 1. The second kappa shape index (κ2) is 6.72. The molecule has 0 atom stereocenters. The van der Waals surface area contributed by atoms with Gasteiger partial charge in [-0.15, -0.1) is 0 Å². The Morgan fingerprint density at radius 1 is 1.29 bits per heavy atom. The van der Waals surface area contributed by atoms with Crippen molar-refractivity contribution in [1.82, 2.24) is 4.98 Å². The van der Waals surface area contributed by atoms with Gasteiger partial charge < -0.3 is 10.1 Å². The van der Waals surface area contributed by atoms with Crippen LogP contribution in [0.2, 0.25) is 0 Å². The number of halogens is 1. The Bertz CT molecular complexity index is 639. The molecule has 0 aliphatic heterocycles. The van der Waals surface area contributed by atoms with Crippen molar-refractivity contribution in [3.63, 3.8) is 0 Å². The maximum atomic E-state index is 12.1. The first-order valence-corrected chi connectivity index (χ1v) is 7.45. The molecule has 0 radical (unpaired) electrons. The quantitative estimate of drug-likeness (QED) is 0.900. The third kappa shape index (κ3) is 4.29. The predicted octanol–water partition coefficient (Wildman–Crippen LogP) is 4.19. The highest BCUT2D eigenvalue weighted by atomic mass is 79.9. The second-order valence-electron chi connectivity index (χ2n) is 4.96. The Kier molecular flexibility index (Phi) is 4.96. The van der Waals surface area contributed by atoms with Gasteiger partial charge in [0, 0.05) is 16.4 Å². The van der Waals surface area contributed by atoms with Crippen molar-refractivity contribution in [1.29, 1.82) is 0 Å². The second-order valence-corrected chi connectivity index (χ2v) is 5.87. The molecular formula is C16H17BrN2O2. The van der Waals surface area contributed by atoms with Crippen LogP contribution in [0.25, 0.3) is 0 Å². The number of hydrogen-bond donors (Lipinski definition) is 1. The lowest BCUT2D eigenvalue weighted by atomic mass is 10.2. The van der Waals surface area contributed by atoms with Crippen molar-refractivity contribution in [3.05, 3.63) is 52.3 Å². The molecule has 1 N–H and O–H groups in total. The number of carbonyl (C=O) groups is 1. The summed E-state index contributed by atoms with van der Waals surface area (Å²) in [5, 5.41) is 2.85. The average Bonchev–Trinajstić information content (AvgIpc) is 2.42. The largest absolute Gasteiger partial charge is 0.491 e. The van der Waals surface area contributed by atoms with Gasteiger partial charge in [-0.3, -0.25) is 4.79 Å². The van der Waals surface area contributed by atoms with E-state index in [9.17, 15) is 4.79 Å². The zero-order chi connectivity index (χ0) is 15.4. The van der Waals surface area contributed by atoms with Crippen LogP contribution in [0.5, 0.6) is 5.75 Å². The van der Waals surface area contributed by atoms with Crippen molar-refractivity contribution in [3.8, 4) is 5.75 Å². The molecule has 1 aromatic heterocycles. The molecule has 0 saturated carbocycles. The summed E-state index contributed by atoms with van der Waals surface area (Å²) in [6, 6.07) is 9.05. The molecule has 4 nitrogen and oxygen atoms in total. The van der Waals surface area contributed by atoms with Crippen LogP contribution < -0.4 is 10.1 Å². The summed E-state index contributed by atoms with van der Waals surface area (Å²) in [5.41, 5.74) is 2.07. The highest BCUT2D eigenvalue weighted by Gasteiger charge is 2.10. The Hall–Kier alpha value is -1.88. The number of carbonyl (C=O) groups excluding carboxylic acids is 1. The van der Waals surface area contributed by atoms with E-state index in [-0.39, 0.29) is 12.0 Å². The Balaban J connectivity index is 2.12. The third-order valence-corrected chi connectivity index (χ3v) is 3.25. The molecule has 0 saturated heterocycles. The number of amides is 1. The third-order valence-electron chi connectivity index (χ3n) is 2.78. The molecule has 0 fully saturated rings. The van der Waals surface area contributed by atoms with E-state index in [1.807, 2.05) is 39.0 Å². The van der Waals surface area contributed by atoms with E-state index in [2.05, 4.69) is 26.2 Å². The number of hydrogen-bond acceptors (Lipinski definition) is 3. The first kappa shape index (κ1) is 15.5. The lowest BCUT2D eigenvalue weighted by Gasteiger charge is -2.13. The van der Waals surface area contributed by atoms with E-state index < -0.39 is 0 Å². The van der Waals surface area contributed by atoms with Crippen LogP contribution in [0.15, 0.2) is 41.0 Å². The van der Waals surface area contributed by atoms with Gasteiger partial charge in [-0.05, 0) is 72.6 Å². The van der Waals surface area contributed by atoms with Crippen LogP contribution in [0.1, 0.15) is 29.9 Å². The maximum Gasteiger partial charge on any atom is 0.274 e. The van der Waals surface area contributed by atoms with Crippen molar-refractivity contribution < 1.29 is 9.53 Å². The zero-order valence-corrected chi connectivity index (χ0v) is 13.8. The molecule has 0 aliphatic carbocycles. The summed E-state index contributed by atoms with van der Waals surface area (Å²) in [5.74, 6) is 0.561. The van der Waals surface area contributed by atoms with Crippen LogP contribution in [0.4, 0.5) is 5.69 Å². The molecule has 1 heterocycles. The van der Waals surface area contributed by atoms with Gasteiger partial charge in [0.1, 0.15) is 11.4 Å². The first-order valence-electron chi connectivity index (χ1n) is 6.66. The van der Waals surface area contributed by atoms with Crippen molar-refractivity contribution in [2.24, 2.45) is 0 Å². The molecule has 0 aliphatic rings. The van der Waals surface area contributed by atoms with Gasteiger partial charge in [0.25, 0.3) is 5.91 Å². The molecule has 1 aromatic carbocycles. The summed E-state index contributed by atoms with van der Waals surface area (Å²) in [7, 11) is 0. The minimum absolute atomic E-state index is 0.122. The van der Waals surface area contributed by atoms with Gasteiger partial charge in [-0.2, -0.15) is 0 Å².